The molecule has 0 aliphatic rings. The Kier molecular flexibility index (Phi) is 6.33. The first-order chi connectivity index (χ1) is 8.65. The van der Waals surface area contributed by atoms with Crippen molar-refractivity contribution >= 4 is 0 Å². The van der Waals surface area contributed by atoms with Crippen molar-refractivity contribution in [3.05, 3.63) is 35.9 Å². The van der Waals surface area contributed by atoms with Crippen molar-refractivity contribution in [2.24, 2.45) is 0 Å². The van der Waals surface area contributed by atoms with Crippen LogP contribution in [0, 0.1) is 0 Å². The van der Waals surface area contributed by atoms with Crippen molar-refractivity contribution in [2.75, 3.05) is 13.2 Å². The number of nitrogens with one attached hydrogen (secondary N) is 1. The lowest BCUT2D eigenvalue weighted by molar-refractivity contribution is 0.129. The minimum Gasteiger partial charge on any atom is -0.394 e. The van der Waals surface area contributed by atoms with E-state index in [9.17, 15) is 10.2 Å². The molecule has 0 spiro atoms. The van der Waals surface area contributed by atoms with Gasteiger partial charge in [0.15, 0.2) is 0 Å². The fourth-order valence-corrected chi connectivity index (χ4v) is 2.10. The number of unbranched alkanes of at least 4 members (excludes halogenated alkanes) is 1. The van der Waals surface area contributed by atoms with Gasteiger partial charge in [-0.3, -0.25) is 0 Å². The monoisotopic (exact) mass is 251 g/mol. The first kappa shape index (κ1) is 15.2. The normalized spacial score (nSPS) is 16.2. The second-order valence-electron chi connectivity index (χ2n) is 5.11. The van der Waals surface area contributed by atoms with Gasteiger partial charge in [0.1, 0.15) is 0 Å². The molecule has 0 amide bonds. The van der Waals surface area contributed by atoms with Gasteiger partial charge in [-0.05, 0) is 18.9 Å². The number of aliphatic hydroxyl groups excluding tert-OH is 2. The van der Waals surface area contributed by atoms with Gasteiger partial charge in [0.2, 0.25) is 0 Å². The lowest BCUT2D eigenvalue weighted by Crippen LogP contribution is -2.48. The number of rotatable bonds is 8. The van der Waals surface area contributed by atoms with Gasteiger partial charge in [0.25, 0.3) is 0 Å². The summed E-state index contributed by atoms with van der Waals surface area (Å²) >= 11 is 0. The molecule has 0 saturated heterocycles. The van der Waals surface area contributed by atoms with Crippen LogP contribution in [-0.2, 0) is 0 Å². The Morgan fingerprint density at radius 1 is 1.22 bits per heavy atom. The summed E-state index contributed by atoms with van der Waals surface area (Å²) in [5.41, 5.74) is 0.718. The van der Waals surface area contributed by atoms with Crippen LogP contribution >= 0.6 is 0 Å². The zero-order valence-electron chi connectivity index (χ0n) is 11.4. The molecule has 0 saturated carbocycles. The van der Waals surface area contributed by atoms with Crippen molar-refractivity contribution in [3.63, 3.8) is 0 Å². The molecule has 0 heterocycles. The summed E-state index contributed by atoms with van der Waals surface area (Å²) in [5, 5.41) is 22.5. The highest BCUT2D eigenvalue weighted by Gasteiger charge is 2.26. The zero-order chi connectivity index (χ0) is 13.4. The molecule has 0 aromatic heterocycles. The fraction of sp³-hybridized carbons (Fsp3) is 0.600. The maximum Gasteiger partial charge on any atom is 0.0626 e. The lowest BCUT2D eigenvalue weighted by atomic mass is 9.93. The second-order valence-corrected chi connectivity index (χ2v) is 5.11. The molecule has 1 rings (SSSR count). The van der Waals surface area contributed by atoms with Crippen molar-refractivity contribution in [2.45, 2.75) is 44.7 Å². The van der Waals surface area contributed by atoms with Gasteiger partial charge in [-0.2, -0.15) is 0 Å². The van der Waals surface area contributed by atoms with Crippen LogP contribution in [0.25, 0.3) is 0 Å². The third-order valence-electron chi connectivity index (χ3n) is 3.34. The highest BCUT2D eigenvalue weighted by molar-refractivity contribution is 5.19. The van der Waals surface area contributed by atoms with E-state index in [0.717, 1.165) is 24.8 Å². The molecule has 0 fully saturated rings. The molecule has 0 bridgehead atoms. The van der Waals surface area contributed by atoms with Gasteiger partial charge in [0.05, 0.1) is 19.3 Å². The molecular formula is C15H25NO2. The second kappa shape index (κ2) is 7.52. The fourth-order valence-electron chi connectivity index (χ4n) is 2.10. The summed E-state index contributed by atoms with van der Waals surface area (Å²) in [6.07, 6.45) is 3.08. The van der Waals surface area contributed by atoms with E-state index in [1.807, 2.05) is 37.3 Å². The van der Waals surface area contributed by atoms with E-state index < -0.39 is 0 Å². The van der Waals surface area contributed by atoms with Gasteiger partial charge in [-0.1, -0.05) is 50.1 Å². The number of hydrogen-bond donors (Lipinski definition) is 3. The Morgan fingerprint density at radius 2 is 1.89 bits per heavy atom. The molecule has 2 atom stereocenters. The van der Waals surface area contributed by atoms with Gasteiger partial charge < -0.3 is 15.5 Å². The first-order valence-corrected chi connectivity index (χ1v) is 6.69. The third kappa shape index (κ3) is 4.41. The Hall–Kier alpha value is -0.900. The summed E-state index contributed by atoms with van der Waals surface area (Å²) in [4.78, 5) is 0. The molecule has 18 heavy (non-hydrogen) atoms. The van der Waals surface area contributed by atoms with Gasteiger partial charge in [-0.15, -0.1) is 0 Å². The van der Waals surface area contributed by atoms with Crippen LogP contribution in [-0.4, -0.2) is 29.0 Å². The van der Waals surface area contributed by atoms with Crippen LogP contribution in [0.5, 0.6) is 0 Å². The third-order valence-corrected chi connectivity index (χ3v) is 3.34. The summed E-state index contributed by atoms with van der Waals surface area (Å²) in [6, 6.07) is 9.74. The smallest absolute Gasteiger partial charge is 0.0626 e. The summed E-state index contributed by atoms with van der Waals surface area (Å²) in [5.74, 6) is 0. The largest absolute Gasteiger partial charge is 0.394 e. The van der Waals surface area contributed by atoms with E-state index in [1.165, 1.54) is 0 Å². The topological polar surface area (TPSA) is 52.5 Å². The molecule has 102 valence electrons. The van der Waals surface area contributed by atoms with Crippen LogP contribution in [0.1, 0.15) is 44.7 Å². The molecule has 0 aliphatic carbocycles. The maximum atomic E-state index is 9.56. The Labute approximate surface area is 110 Å². The van der Waals surface area contributed by atoms with Crippen molar-refractivity contribution in [3.8, 4) is 0 Å². The van der Waals surface area contributed by atoms with Crippen molar-refractivity contribution < 1.29 is 10.2 Å². The number of benzene rings is 1. The summed E-state index contributed by atoms with van der Waals surface area (Å²) in [7, 11) is 0. The molecular weight excluding hydrogens is 226 g/mol. The molecule has 3 N–H and O–H groups in total. The SMILES string of the molecule is CCCCC(C)(CO)N[C@@H](CO)c1ccccc1. The zero-order valence-corrected chi connectivity index (χ0v) is 11.4. The Balaban J connectivity index is 2.71. The number of hydrogen-bond acceptors (Lipinski definition) is 3. The van der Waals surface area contributed by atoms with Crippen LogP contribution in [0.15, 0.2) is 30.3 Å². The van der Waals surface area contributed by atoms with Crippen LogP contribution in [0.4, 0.5) is 0 Å². The Bertz CT molecular complexity index is 329. The molecule has 3 heteroatoms. The first-order valence-electron chi connectivity index (χ1n) is 6.69. The lowest BCUT2D eigenvalue weighted by Gasteiger charge is -2.33. The average molecular weight is 251 g/mol. The predicted octanol–water partition coefficient (Wildman–Crippen LogP) is 2.25. The van der Waals surface area contributed by atoms with E-state index in [0.29, 0.717) is 0 Å². The van der Waals surface area contributed by atoms with E-state index >= 15 is 0 Å². The average Bonchev–Trinajstić information content (AvgIpc) is 2.43. The predicted molar refractivity (Wildman–Crippen MR) is 74.4 cm³/mol. The molecule has 0 radical (unpaired) electrons. The van der Waals surface area contributed by atoms with Crippen molar-refractivity contribution in [1.29, 1.82) is 0 Å². The van der Waals surface area contributed by atoms with E-state index in [1.54, 1.807) is 0 Å². The summed E-state index contributed by atoms with van der Waals surface area (Å²) in [6.45, 7) is 4.26. The van der Waals surface area contributed by atoms with Crippen molar-refractivity contribution in [1.82, 2.24) is 5.32 Å². The quantitative estimate of drug-likeness (QED) is 0.664. The molecule has 1 aromatic rings. The van der Waals surface area contributed by atoms with Crippen LogP contribution in [0.3, 0.4) is 0 Å². The van der Waals surface area contributed by atoms with Gasteiger partial charge >= 0.3 is 0 Å². The van der Waals surface area contributed by atoms with Crippen LogP contribution < -0.4 is 5.32 Å². The van der Waals surface area contributed by atoms with Gasteiger partial charge in [0, 0.05) is 5.54 Å². The molecule has 1 unspecified atom stereocenters. The summed E-state index contributed by atoms with van der Waals surface area (Å²) < 4.78 is 0. The number of aliphatic hydroxyl groups is 2. The van der Waals surface area contributed by atoms with E-state index in [2.05, 4.69) is 12.2 Å². The Morgan fingerprint density at radius 3 is 2.39 bits per heavy atom. The highest BCUT2D eigenvalue weighted by Crippen LogP contribution is 2.20. The maximum absolute atomic E-state index is 9.56. The van der Waals surface area contributed by atoms with E-state index in [4.69, 9.17) is 0 Å². The molecule has 0 aliphatic heterocycles. The standard InChI is InChI=1S/C15H25NO2/c1-3-4-10-15(2,12-18)16-14(11-17)13-8-6-5-7-9-13/h5-9,14,16-18H,3-4,10-12H2,1-2H3/t14-,15?/m0/s1. The highest BCUT2D eigenvalue weighted by atomic mass is 16.3. The van der Waals surface area contributed by atoms with E-state index in [-0.39, 0.29) is 24.8 Å². The van der Waals surface area contributed by atoms with Gasteiger partial charge in [-0.25, -0.2) is 0 Å². The van der Waals surface area contributed by atoms with Crippen LogP contribution in [0.2, 0.25) is 0 Å². The molecule has 3 nitrogen and oxygen atoms in total. The minimum atomic E-state index is -0.334. The minimum absolute atomic E-state index is 0.0335. The molecule has 1 aromatic carbocycles.